The highest BCUT2D eigenvalue weighted by Crippen LogP contribution is 2.22. The molecule has 0 aliphatic carbocycles. The Bertz CT molecular complexity index is 449. The number of aromatic nitrogens is 1. The van der Waals surface area contributed by atoms with E-state index in [1.54, 1.807) is 12.1 Å². The predicted molar refractivity (Wildman–Crippen MR) is 52.9 cm³/mol. The number of aldehydes is 1. The van der Waals surface area contributed by atoms with Gasteiger partial charge in [-0.15, -0.1) is 11.3 Å². The molecule has 2 rings (SSSR count). The van der Waals surface area contributed by atoms with Gasteiger partial charge in [0.15, 0.2) is 6.29 Å². The van der Waals surface area contributed by atoms with Gasteiger partial charge >= 0.3 is 0 Å². The molecule has 0 aliphatic rings. The van der Waals surface area contributed by atoms with Crippen LogP contribution in [-0.2, 0) is 0 Å². The third-order valence-electron chi connectivity index (χ3n) is 1.76. The number of carbonyl (C=O) groups excluding carboxylic acids is 1. The number of carbonyl (C=O) groups is 1. The van der Waals surface area contributed by atoms with Crippen LogP contribution >= 0.6 is 11.3 Å². The Kier molecular flexibility index (Phi) is 2.37. The molecule has 2 heterocycles. The molecule has 0 bridgehead atoms. The molecule has 0 N–H and O–H groups in total. The van der Waals surface area contributed by atoms with Gasteiger partial charge < -0.3 is 0 Å². The lowest BCUT2D eigenvalue weighted by Gasteiger charge is -1.94. The molecule has 0 atom stereocenters. The van der Waals surface area contributed by atoms with Gasteiger partial charge in [0.25, 0.3) is 0 Å². The van der Waals surface area contributed by atoms with Crippen molar-refractivity contribution in [1.82, 2.24) is 4.98 Å². The summed E-state index contributed by atoms with van der Waals surface area (Å²) in [5, 5.41) is 1.82. The lowest BCUT2D eigenvalue weighted by molar-refractivity contribution is 0.112. The Morgan fingerprint density at radius 3 is 2.86 bits per heavy atom. The minimum atomic E-state index is -0.361. The molecule has 0 fully saturated rings. The predicted octanol–water partition coefficient (Wildman–Crippen LogP) is 2.76. The van der Waals surface area contributed by atoms with E-state index in [4.69, 9.17) is 0 Å². The van der Waals surface area contributed by atoms with Crippen molar-refractivity contribution < 1.29 is 9.18 Å². The maximum atomic E-state index is 12.6. The molecule has 0 aromatic carbocycles. The number of nitrogens with zero attached hydrogens (tertiary/aromatic N) is 1. The summed E-state index contributed by atoms with van der Waals surface area (Å²) in [5.41, 5.74) is 1.52. The zero-order chi connectivity index (χ0) is 9.97. The van der Waals surface area contributed by atoms with E-state index in [2.05, 4.69) is 4.98 Å². The van der Waals surface area contributed by atoms with Crippen molar-refractivity contribution in [1.29, 1.82) is 0 Å². The van der Waals surface area contributed by atoms with Gasteiger partial charge in [-0.25, -0.2) is 4.39 Å². The number of halogens is 1. The van der Waals surface area contributed by atoms with Gasteiger partial charge in [-0.1, -0.05) is 0 Å². The molecule has 0 amide bonds. The number of hydrogen-bond acceptors (Lipinski definition) is 3. The smallest absolute Gasteiger partial charge is 0.160 e. The molecular weight excluding hydrogens is 201 g/mol. The fourth-order valence-corrected chi connectivity index (χ4v) is 1.80. The molecule has 2 aromatic heterocycles. The van der Waals surface area contributed by atoms with Crippen molar-refractivity contribution >= 4 is 17.6 Å². The van der Waals surface area contributed by atoms with Crippen LogP contribution in [0.2, 0.25) is 0 Å². The zero-order valence-corrected chi connectivity index (χ0v) is 7.92. The van der Waals surface area contributed by atoms with E-state index in [0.717, 1.165) is 18.0 Å². The van der Waals surface area contributed by atoms with E-state index in [9.17, 15) is 9.18 Å². The van der Waals surface area contributed by atoms with E-state index in [-0.39, 0.29) is 5.82 Å². The summed E-state index contributed by atoms with van der Waals surface area (Å²) in [4.78, 5) is 15.0. The molecule has 0 saturated heterocycles. The Hall–Kier alpha value is -1.55. The Labute approximate surface area is 84.0 Å². The maximum absolute atomic E-state index is 12.6. The summed E-state index contributed by atoms with van der Waals surface area (Å²) in [6.07, 6.45) is 1.95. The molecule has 2 aromatic rings. The summed E-state index contributed by atoms with van der Waals surface area (Å²) in [6, 6.07) is 4.67. The first-order chi connectivity index (χ1) is 6.79. The average Bonchev–Trinajstić information content (AvgIpc) is 2.67. The highest BCUT2D eigenvalue weighted by atomic mass is 32.1. The van der Waals surface area contributed by atoms with Crippen LogP contribution in [0, 0.1) is 5.82 Å². The fourth-order valence-electron chi connectivity index (χ4n) is 1.10. The van der Waals surface area contributed by atoms with E-state index in [1.807, 2.05) is 5.38 Å². The van der Waals surface area contributed by atoms with Crippen molar-refractivity contribution in [3.8, 4) is 11.3 Å². The van der Waals surface area contributed by atoms with Gasteiger partial charge in [-0.05, 0) is 18.2 Å². The summed E-state index contributed by atoms with van der Waals surface area (Å²) in [5.74, 6) is -0.361. The first-order valence-corrected chi connectivity index (χ1v) is 4.83. The summed E-state index contributed by atoms with van der Waals surface area (Å²) in [7, 11) is 0. The molecule has 4 heteroatoms. The normalized spacial score (nSPS) is 10.1. The molecule has 0 aliphatic heterocycles. The van der Waals surface area contributed by atoms with Gasteiger partial charge in [0.1, 0.15) is 5.82 Å². The maximum Gasteiger partial charge on any atom is 0.160 e. The van der Waals surface area contributed by atoms with Gasteiger partial charge in [-0.3, -0.25) is 9.78 Å². The van der Waals surface area contributed by atoms with Crippen LogP contribution < -0.4 is 0 Å². The first-order valence-electron chi connectivity index (χ1n) is 3.95. The number of hydrogen-bond donors (Lipinski definition) is 0. The zero-order valence-electron chi connectivity index (χ0n) is 7.11. The topological polar surface area (TPSA) is 30.0 Å². The molecule has 0 radical (unpaired) electrons. The lowest BCUT2D eigenvalue weighted by Crippen LogP contribution is -1.81. The first kappa shape index (κ1) is 9.02. The van der Waals surface area contributed by atoms with Gasteiger partial charge in [-0.2, -0.15) is 0 Å². The SMILES string of the molecule is O=Cc1cc(-c2ccc(F)cn2)cs1. The van der Waals surface area contributed by atoms with E-state index in [0.29, 0.717) is 10.6 Å². The van der Waals surface area contributed by atoms with Crippen LogP contribution in [0.4, 0.5) is 4.39 Å². The molecule has 0 spiro atoms. The average molecular weight is 207 g/mol. The molecule has 70 valence electrons. The molecule has 14 heavy (non-hydrogen) atoms. The second kappa shape index (κ2) is 3.67. The second-order valence-electron chi connectivity index (χ2n) is 2.72. The van der Waals surface area contributed by atoms with Crippen molar-refractivity contribution in [2.24, 2.45) is 0 Å². The standard InChI is InChI=1S/C10H6FNOS/c11-8-1-2-10(12-4-8)7-3-9(5-13)14-6-7/h1-6H. The van der Waals surface area contributed by atoms with E-state index < -0.39 is 0 Å². The quantitative estimate of drug-likeness (QED) is 0.709. The third-order valence-corrected chi connectivity index (χ3v) is 2.62. The fraction of sp³-hybridized carbons (Fsp3) is 0. The molecular formula is C10H6FNOS. The van der Waals surface area contributed by atoms with Crippen molar-refractivity contribution in [3.05, 3.63) is 40.5 Å². The van der Waals surface area contributed by atoms with Crippen LogP contribution in [0.25, 0.3) is 11.3 Å². The second-order valence-corrected chi connectivity index (χ2v) is 3.66. The summed E-state index contributed by atoms with van der Waals surface area (Å²) in [6.45, 7) is 0. The Morgan fingerprint density at radius 1 is 1.43 bits per heavy atom. The minimum Gasteiger partial charge on any atom is -0.297 e. The van der Waals surface area contributed by atoms with Crippen molar-refractivity contribution in [2.45, 2.75) is 0 Å². The largest absolute Gasteiger partial charge is 0.297 e. The summed E-state index contributed by atoms with van der Waals surface area (Å²) < 4.78 is 12.6. The Balaban J connectivity index is 2.39. The molecule has 0 saturated carbocycles. The number of pyridine rings is 1. The lowest BCUT2D eigenvalue weighted by atomic mass is 10.2. The van der Waals surface area contributed by atoms with Crippen LogP contribution in [0.5, 0.6) is 0 Å². The van der Waals surface area contributed by atoms with E-state index >= 15 is 0 Å². The van der Waals surface area contributed by atoms with Crippen LogP contribution in [0.1, 0.15) is 9.67 Å². The highest BCUT2D eigenvalue weighted by molar-refractivity contribution is 7.12. The number of rotatable bonds is 2. The van der Waals surface area contributed by atoms with Crippen LogP contribution in [-0.4, -0.2) is 11.3 Å². The summed E-state index contributed by atoms with van der Waals surface area (Å²) >= 11 is 1.35. The van der Waals surface area contributed by atoms with Crippen LogP contribution in [0.3, 0.4) is 0 Å². The van der Waals surface area contributed by atoms with Gasteiger partial charge in [0.2, 0.25) is 0 Å². The highest BCUT2D eigenvalue weighted by Gasteiger charge is 2.02. The number of thiophene rings is 1. The van der Waals surface area contributed by atoms with Gasteiger partial charge in [0, 0.05) is 10.9 Å². The Morgan fingerprint density at radius 2 is 2.29 bits per heavy atom. The molecule has 2 nitrogen and oxygen atoms in total. The van der Waals surface area contributed by atoms with Gasteiger partial charge in [0.05, 0.1) is 16.8 Å². The van der Waals surface area contributed by atoms with E-state index in [1.165, 1.54) is 17.4 Å². The monoisotopic (exact) mass is 207 g/mol. The van der Waals surface area contributed by atoms with Crippen molar-refractivity contribution in [2.75, 3.05) is 0 Å². The van der Waals surface area contributed by atoms with Crippen molar-refractivity contribution in [3.63, 3.8) is 0 Å². The minimum absolute atomic E-state index is 0.361. The van der Waals surface area contributed by atoms with Crippen LogP contribution in [0.15, 0.2) is 29.8 Å². The third kappa shape index (κ3) is 1.70. The molecule has 0 unspecified atom stereocenters.